The summed E-state index contributed by atoms with van der Waals surface area (Å²) in [5.74, 6) is 1.13. The fourth-order valence-electron chi connectivity index (χ4n) is 3.97. The maximum Gasteiger partial charge on any atom is 0.231 e. The highest BCUT2D eigenvalue weighted by Crippen LogP contribution is 2.25. The van der Waals surface area contributed by atoms with Crippen LogP contribution in [0, 0.1) is 17.2 Å². The first-order valence-corrected chi connectivity index (χ1v) is 11.5. The molecule has 0 spiro atoms. The van der Waals surface area contributed by atoms with E-state index in [0.29, 0.717) is 32.8 Å². The Balaban J connectivity index is 1.60. The van der Waals surface area contributed by atoms with E-state index in [4.69, 9.17) is 14.7 Å². The number of hydrogen-bond donors (Lipinski definition) is 0. The fraction of sp³-hybridized carbons (Fsp3) is 0.423. The van der Waals surface area contributed by atoms with Crippen LogP contribution in [0.3, 0.4) is 0 Å². The number of ether oxygens (including phenoxy) is 2. The molecule has 3 rings (SSSR count). The molecule has 7 heteroatoms. The van der Waals surface area contributed by atoms with Crippen LogP contribution in [0.25, 0.3) is 0 Å². The van der Waals surface area contributed by atoms with Crippen molar-refractivity contribution in [3.05, 3.63) is 54.6 Å². The van der Waals surface area contributed by atoms with Gasteiger partial charge in [0, 0.05) is 25.3 Å². The molecule has 2 aromatic carbocycles. The van der Waals surface area contributed by atoms with Crippen LogP contribution in [0.5, 0.6) is 11.5 Å². The molecule has 174 valence electrons. The van der Waals surface area contributed by atoms with E-state index in [1.54, 1.807) is 9.80 Å². The van der Waals surface area contributed by atoms with E-state index in [2.05, 4.69) is 6.07 Å². The largest absolute Gasteiger partial charge is 0.494 e. The molecule has 0 N–H and O–H groups in total. The summed E-state index contributed by atoms with van der Waals surface area (Å²) in [6.07, 6.45) is 2.01. The predicted molar refractivity (Wildman–Crippen MR) is 126 cm³/mol. The van der Waals surface area contributed by atoms with Crippen LogP contribution in [0.4, 0.5) is 5.69 Å². The minimum atomic E-state index is -0.289. The van der Waals surface area contributed by atoms with Gasteiger partial charge in [0.25, 0.3) is 0 Å². The average molecular weight is 450 g/mol. The minimum Gasteiger partial charge on any atom is -0.494 e. The number of rotatable bonds is 10. The van der Waals surface area contributed by atoms with Crippen molar-refractivity contribution in [2.75, 3.05) is 37.7 Å². The summed E-state index contributed by atoms with van der Waals surface area (Å²) in [7, 11) is 0. The predicted octanol–water partition coefficient (Wildman–Crippen LogP) is 4.04. The van der Waals surface area contributed by atoms with Crippen LogP contribution in [0.15, 0.2) is 54.6 Å². The van der Waals surface area contributed by atoms with Crippen LogP contribution < -0.4 is 14.4 Å². The molecular weight excluding hydrogens is 418 g/mol. The maximum absolute atomic E-state index is 13.4. The number of nitrogens with zero attached hydrogens (tertiary/aromatic N) is 3. The number of likely N-dealkylation sites (tertiary alicyclic amines) is 1. The Morgan fingerprint density at radius 2 is 1.82 bits per heavy atom. The first-order chi connectivity index (χ1) is 16.1. The maximum atomic E-state index is 13.4. The van der Waals surface area contributed by atoms with Gasteiger partial charge < -0.3 is 19.3 Å². The highest BCUT2D eigenvalue weighted by molar-refractivity contribution is 5.95. The number of piperidine rings is 1. The first kappa shape index (κ1) is 24.1. The van der Waals surface area contributed by atoms with Crippen molar-refractivity contribution in [1.82, 2.24) is 4.90 Å². The van der Waals surface area contributed by atoms with E-state index < -0.39 is 0 Å². The molecule has 0 aliphatic carbocycles. The van der Waals surface area contributed by atoms with Crippen LogP contribution in [0.2, 0.25) is 0 Å². The van der Waals surface area contributed by atoms with E-state index in [1.165, 1.54) is 0 Å². The van der Waals surface area contributed by atoms with Crippen molar-refractivity contribution in [2.24, 2.45) is 5.92 Å². The molecule has 0 radical (unpaired) electrons. The fourth-order valence-corrected chi connectivity index (χ4v) is 3.97. The Kier molecular flexibility index (Phi) is 9.13. The molecule has 1 saturated heterocycles. The lowest BCUT2D eigenvalue weighted by molar-refractivity contribution is -0.135. The second kappa shape index (κ2) is 12.5. The second-order valence-corrected chi connectivity index (χ2v) is 7.92. The van der Waals surface area contributed by atoms with E-state index in [0.717, 1.165) is 30.0 Å². The van der Waals surface area contributed by atoms with Crippen molar-refractivity contribution in [3.63, 3.8) is 0 Å². The SMILES string of the molecule is CCOc1ccc(N(CCC#N)C(=O)C2CCCN(C(=O)CCOc3ccccc3)C2)cc1. The van der Waals surface area contributed by atoms with Crippen LogP contribution >= 0.6 is 0 Å². The van der Waals surface area contributed by atoms with Gasteiger partial charge in [-0.15, -0.1) is 0 Å². The molecule has 1 aliphatic rings. The second-order valence-electron chi connectivity index (χ2n) is 7.92. The number of carbonyl (C=O) groups excluding carboxylic acids is 2. The third kappa shape index (κ3) is 6.98. The van der Waals surface area contributed by atoms with Gasteiger partial charge in [-0.3, -0.25) is 9.59 Å². The van der Waals surface area contributed by atoms with Gasteiger partial charge in [0.05, 0.1) is 38.0 Å². The Hall–Kier alpha value is -3.53. The number of anilines is 1. The van der Waals surface area contributed by atoms with Crippen molar-refractivity contribution in [1.29, 1.82) is 5.26 Å². The highest BCUT2D eigenvalue weighted by Gasteiger charge is 2.31. The summed E-state index contributed by atoms with van der Waals surface area (Å²) < 4.78 is 11.1. The Morgan fingerprint density at radius 1 is 1.09 bits per heavy atom. The standard InChI is InChI=1S/C26H31N3O4/c1-2-32-24-13-11-22(12-14-24)29(18-7-16-27)26(31)21-8-6-17-28(20-21)25(30)15-19-33-23-9-4-3-5-10-23/h3-5,9-14,21H,2,6-8,15,17-20H2,1H3. The van der Waals surface area contributed by atoms with Crippen molar-refractivity contribution >= 4 is 17.5 Å². The van der Waals surface area contributed by atoms with E-state index in [9.17, 15) is 9.59 Å². The molecule has 0 bridgehead atoms. The van der Waals surface area contributed by atoms with Gasteiger partial charge in [-0.05, 0) is 56.2 Å². The van der Waals surface area contributed by atoms with Gasteiger partial charge >= 0.3 is 0 Å². The lowest BCUT2D eigenvalue weighted by Crippen LogP contribution is -2.47. The summed E-state index contributed by atoms with van der Waals surface area (Å²) in [6.45, 7) is 4.15. The van der Waals surface area contributed by atoms with Gasteiger partial charge in [0.2, 0.25) is 11.8 Å². The van der Waals surface area contributed by atoms with Crippen LogP contribution in [-0.2, 0) is 9.59 Å². The van der Waals surface area contributed by atoms with Crippen LogP contribution in [0.1, 0.15) is 32.6 Å². The molecule has 1 aliphatic heterocycles. The minimum absolute atomic E-state index is 0.00641. The number of hydrogen-bond acceptors (Lipinski definition) is 5. The topological polar surface area (TPSA) is 82.9 Å². The summed E-state index contributed by atoms with van der Waals surface area (Å²) >= 11 is 0. The van der Waals surface area contributed by atoms with Gasteiger partial charge in [-0.25, -0.2) is 0 Å². The summed E-state index contributed by atoms with van der Waals surface area (Å²) in [5.41, 5.74) is 0.735. The Bertz CT molecular complexity index is 940. The van der Waals surface area contributed by atoms with E-state index >= 15 is 0 Å². The number of benzene rings is 2. The molecular formula is C26H31N3O4. The molecule has 0 saturated carbocycles. The third-order valence-electron chi connectivity index (χ3n) is 5.62. The molecule has 7 nitrogen and oxygen atoms in total. The van der Waals surface area contributed by atoms with E-state index in [1.807, 2.05) is 61.5 Å². The number of amides is 2. The summed E-state index contributed by atoms with van der Waals surface area (Å²) in [5, 5.41) is 9.08. The van der Waals surface area contributed by atoms with Gasteiger partial charge in [-0.1, -0.05) is 18.2 Å². The molecule has 33 heavy (non-hydrogen) atoms. The molecule has 1 atom stereocenters. The van der Waals surface area contributed by atoms with Gasteiger partial charge in [0.15, 0.2) is 0 Å². The monoisotopic (exact) mass is 449 g/mol. The smallest absolute Gasteiger partial charge is 0.231 e. The van der Waals surface area contributed by atoms with Crippen molar-refractivity contribution in [2.45, 2.75) is 32.6 Å². The number of nitriles is 1. The Morgan fingerprint density at radius 3 is 2.52 bits per heavy atom. The normalized spacial score (nSPS) is 15.4. The lowest BCUT2D eigenvalue weighted by Gasteiger charge is -2.35. The molecule has 0 aromatic heterocycles. The van der Waals surface area contributed by atoms with Crippen molar-refractivity contribution < 1.29 is 19.1 Å². The average Bonchev–Trinajstić information content (AvgIpc) is 2.86. The first-order valence-electron chi connectivity index (χ1n) is 11.5. The highest BCUT2D eigenvalue weighted by atomic mass is 16.5. The van der Waals surface area contributed by atoms with Crippen molar-refractivity contribution in [3.8, 4) is 17.6 Å². The number of carbonyl (C=O) groups is 2. The molecule has 1 unspecified atom stereocenters. The zero-order valence-electron chi connectivity index (χ0n) is 19.1. The summed E-state index contributed by atoms with van der Waals surface area (Å²) in [6, 6.07) is 18.9. The quantitative estimate of drug-likeness (QED) is 0.547. The Labute approximate surface area is 195 Å². The molecule has 1 heterocycles. The zero-order valence-corrected chi connectivity index (χ0v) is 19.1. The third-order valence-corrected chi connectivity index (χ3v) is 5.62. The summed E-state index contributed by atoms with van der Waals surface area (Å²) in [4.78, 5) is 29.6. The zero-order chi connectivity index (χ0) is 23.5. The lowest BCUT2D eigenvalue weighted by atomic mass is 9.95. The van der Waals surface area contributed by atoms with E-state index in [-0.39, 0.29) is 30.6 Å². The van der Waals surface area contributed by atoms with Crippen LogP contribution in [-0.4, -0.2) is 49.6 Å². The molecule has 2 aromatic rings. The molecule has 2 amide bonds. The van der Waals surface area contributed by atoms with Gasteiger partial charge in [0.1, 0.15) is 11.5 Å². The van der Waals surface area contributed by atoms with Gasteiger partial charge in [-0.2, -0.15) is 5.26 Å². The molecule has 1 fully saturated rings. The number of para-hydroxylation sites is 1.